The largest absolute Gasteiger partial charge is 0.502 e. The van der Waals surface area contributed by atoms with Crippen molar-refractivity contribution in [2.75, 3.05) is 39.6 Å². The van der Waals surface area contributed by atoms with Gasteiger partial charge in [0.2, 0.25) is 0 Å². The van der Waals surface area contributed by atoms with Gasteiger partial charge in [-0.2, -0.15) is 20.4 Å². The average Bonchev–Trinajstić information content (AvgIpc) is 1.62. The fourth-order valence-electron chi connectivity index (χ4n) is 10.2. The smallest absolute Gasteiger partial charge is 0.498 e. The summed E-state index contributed by atoms with van der Waals surface area (Å²) in [5.41, 5.74) is 6.89. The third kappa shape index (κ3) is 26.6. The number of nitrogens with one attached hydrogen (secondary N) is 2. The number of nitrogens with zero attached hydrogens (tertiary/aromatic N) is 15. The molecule has 2 saturated heterocycles. The molecule has 12 heterocycles. The van der Waals surface area contributed by atoms with Gasteiger partial charge < -0.3 is 60.7 Å². The van der Waals surface area contributed by atoms with Crippen LogP contribution in [0.2, 0.25) is 82.2 Å². The molecule has 2 fully saturated rings. The molecule has 0 amide bonds. The van der Waals surface area contributed by atoms with Crippen LogP contribution < -0.4 is 10.9 Å². The van der Waals surface area contributed by atoms with Crippen LogP contribution in [0.1, 0.15) is 102 Å². The highest BCUT2D eigenvalue weighted by Gasteiger charge is 2.53. The maximum absolute atomic E-state index is 5.99. The summed E-state index contributed by atoms with van der Waals surface area (Å²) in [6.45, 7) is 56.5. The van der Waals surface area contributed by atoms with Gasteiger partial charge in [0.1, 0.15) is 73.7 Å². The Bertz CT molecular complexity index is 4200. The first-order valence-corrected chi connectivity index (χ1v) is 47.5. The lowest BCUT2D eigenvalue weighted by Gasteiger charge is -2.32. The molecule has 2 aliphatic heterocycles. The molecule has 10 aromatic rings. The molecule has 0 aliphatic carbocycles. The molecule has 0 bridgehead atoms. The van der Waals surface area contributed by atoms with E-state index in [0.29, 0.717) is 38.6 Å². The minimum Gasteiger partial charge on any atom is -0.502 e. The van der Waals surface area contributed by atoms with Crippen LogP contribution in [-0.4, -0.2) is 184 Å². The number of rotatable bonds is 27. The summed E-state index contributed by atoms with van der Waals surface area (Å²) in [4.78, 5) is 25.9. The minimum atomic E-state index is -1.08. The first kappa shape index (κ1) is 91.1. The van der Waals surface area contributed by atoms with Crippen molar-refractivity contribution in [1.82, 2.24) is 83.6 Å². The molecule has 12 rings (SSSR count). The monoisotopic (exact) mass is 1590 g/mol. The fourth-order valence-corrected chi connectivity index (χ4v) is 12.7. The van der Waals surface area contributed by atoms with Crippen molar-refractivity contribution in [3.8, 4) is 22.5 Å². The second kappa shape index (κ2) is 41.0. The Hall–Kier alpha value is -6.47. The Labute approximate surface area is 653 Å². The molecule has 2 N–H and O–H groups in total. The van der Waals surface area contributed by atoms with E-state index in [0.717, 1.165) is 99.0 Å². The Morgan fingerprint density at radius 1 is 0.505 bits per heavy atom. The third-order valence-electron chi connectivity index (χ3n) is 18.0. The van der Waals surface area contributed by atoms with Crippen LogP contribution in [-0.2, 0) is 67.2 Å². The molecule has 0 saturated carbocycles. The number of ether oxygens (including phenoxy) is 6. The average molecular weight is 1590 g/mol. The maximum atomic E-state index is 5.99. The predicted octanol–water partition coefficient (Wildman–Crippen LogP) is 15.1. The molecule has 27 nitrogen and oxygen atoms in total. The number of fused-ring (bicyclic) bond motifs is 3. The molecule has 35 heteroatoms. The molecule has 0 aromatic carbocycles. The lowest BCUT2D eigenvalue weighted by Crippen LogP contribution is -2.41. The van der Waals surface area contributed by atoms with Crippen molar-refractivity contribution in [2.45, 2.75) is 222 Å². The van der Waals surface area contributed by atoms with Crippen LogP contribution in [0.25, 0.3) is 55.6 Å². The molecule has 0 spiro atoms. The summed E-state index contributed by atoms with van der Waals surface area (Å²) in [6, 6.07) is 9.47. The van der Waals surface area contributed by atoms with Gasteiger partial charge in [-0.1, -0.05) is 77.1 Å². The predicted molar refractivity (Wildman–Crippen MR) is 440 cm³/mol. The van der Waals surface area contributed by atoms with Gasteiger partial charge in [-0.25, -0.2) is 39.3 Å². The number of halogens is 3. The van der Waals surface area contributed by atoms with Crippen LogP contribution in [0, 0.1) is 0 Å². The van der Waals surface area contributed by atoms with Gasteiger partial charge in [-0.15, -0.1) is 24.8 Å². The maximum Gasteiger partial charge on any atom is 0.498 e. The molecule has 10 aromatic heterocycles. The summed E-state index contributed by atoms with van der Waals surface area (Å²) in [6.07, 6.45) is 26.4. The summed E-state index contributed by atoms with van der Waals surface area (Å²) < 4.78 is 66.3. The van der Waals surface area contributed by atoms with Gasteiger partial charge in [0.25, 0.3) is 0 Å². The summed E-state index contributed by atoms with van der Waals surface area (Å²) in [5.74, 6) is 0. The lowest BCUT2D eigenvalue weighted by molar-refractivity contribution is 0.00578. The zero-order valence-corrected chi connectivity index (χ0v) is 72.3. The van der Waals surface area contributed by atoms with Crippen LogP contribution in [0.15, 0.2) is 118 Å². The van der Waals surface area contributed by atoms with E-state index in [4.69, 9.17) is 53.9 Å². The summed E-state index contributed by atoms with van der Waals surface area (Å²) in [5, 5.41) is 25.5. The summed E-state index contributed by atoms with van der Waals surface area (Å²) in [7, 11) is -3.82. The van der Waals surface area contributed by atoms with E-state index in [1.165, 1.54) is 24.7 Å². The molecule has 588 valence electrons. The highest BCUT2D eigenvalue weighted by atomic mass is 35.5. The van der Waals surface area contributed by atoms with Gasteiger partial charge in [-0.3, -0.25) is 10.2 Å². The molecule has 2 atom stereocenters. The van der Waals surface area contributed by atoms with Crippen molar-refractivity contribution < 1.29 is 47.0 Å². The van der Waals surface area contributed by atoms with Crippen molar-refractivity contribution in [1.29, 1.82) is 0 Å². The lowest BCUT2D eigenvalue weighted by atomic mass is 9.82. The van der Waals surface area contributed by atoms with Crippen LogP contribution in [0.3, 0.4) is 0 Å². The molecular formula is C72H116B2Cl3N17O10Si3. The number of H-pyrrole nitrogens is 2. The zero-order valence-electron chi connectivity index (χ0n) is 66.9. The van der Waals surface area contributed by atoms with E-state index in [1.807, 2.05) is 170 Å². The Morgan fingerprint density at radius 3 is 1.29 bits per heavy atom. The van der Waals surface area contributed by atoms with Crippen molar-refractivity contribution in [3.63, 3.8) is 0 Å². The highest BCUT2D eigenvalue weighted by Crippen LogP contribution is 2.38. The van der Waals surface area contributed by atoms with Gasteiger partial charge in [0, 0.05) is 146 Å². The summed E-state index contributed by atoms with van der Waals surface area (Å²) >= 11 is 5.99. The third-order valence-corrected chi connectivity index (χ3v) is 23.4. The Balaban J connectivity index is 0.000000238. The van der Waals surface area contributed by atoms with Gasteiger partial charge in [-0.05, 0) is 126 Å². The second-order valence-electron chi connectivity index (χ2n) is 31.1. The number of hydrogen-bond donors (Lipinski definition) is 2. The van der Waals surface area contributed by atoms with Gasteiger partial charge in [0.15, 0.2) is 0 Å². The Morgan fingerprint density at radius 2 is 0.897 bits per heavy atom. The second-order valence-corrected chi connectivity index (χ2v) is 48.3. The standard InChI is InChI=1S/C19H29N5O2Si.C15H21N5OSi.C13H23BN2O3.C12H18ClN3OSi.C9H15BN2O2.C4H8O.2ClH/c1-6-26-15(2)24-12-16(11-22-24)18-17-7-8-23(19(17)21-13-20-18)14-25-9-10-27(3,4)5;1-22(2,3)7-6-21-11-20-5-4-13-14(12-8-18-19-9-12)16-10-17-15(13)20;1-7-17-10(2)16-9-11(8-15-16)14-18-12(3,4)13(5,6)19-14;1-18(2,3)7-6-17-9-16-5-4-10-11(13)14-8-15-12(10)16;1-8(2)9(3,4)14-10(13-8)7-5-11-12-6-7;1-3-5-4-2;;/h7-8,11-13,15H,6,9-10,14H2,1-5H3;4-5,8-10H,6-7,11H2,1-3H3,(H,18,19);8-10H,7H2,1-6H3;4-5,8H,6-7,9H2,1-3H3;5-6H,1-4H3,(H,11,12);3H,1,4H2,2H3;2*1H. The highest BCUT2D eigenvalue weighted by molar-refractivity contribution is 6.76. The van der Waals surface area contributed by atoms with E-state index in [9.17, 15) is 0 Å². The zero-order chi connectivity index (χ0) is 77.0. The molecular weight excluding hydrogens is 1480 g/mol. The Kier molecular flexibility index (Phi) is 34.9. The van der Waals surface area contributed by atoms with E-state index >= 15 is 0 Å². The van der Waals surface area contributed by atoms with E-state index < -0.39 is 24.2 Å². The molecule has 0 radical (unpaired) electrons. The van der Waals surface area contributed by atoms with Crippen molar-refractivity contribution in [3.05, 3.63) is 123 Å². The van der Waals surface area contributed by atoms with Crippen LogP contribution >= 0.6 is 36.4 Å². The minimum absolute atomic E-state index is 0. The fraction of sp³-hybridized carbons (Fsp3) is 0.556. The van der Waals surface area contributed by atoms with Crippen LogP contribution in [0.4, 0.5) is 0 Å². The van der Waals surface area contributed by atoms with E-state index in [1.54, 1.807) is 42.1 Å². The quantitative estimate of drug-likeness (QED) is 0.0209. The first-order chi connectivity index (χ1) is 49.5. The number of hydrogen-bond acceptors (Lipinski definition) is 20. The van der Waals surface area contributed by atoms with Crippen molar-refractivity contribution in [2.24, 2.45) is 0 Å². The topological polar surface area (TPSA) is 277 Å². The number of aromatic nitrogens is 17. The van der Waals surface area contributed by atoms with Crippen molar-refractivity contribution >= 4 is 119 Å². The molecule has 107 heavy (non-hydrogen) atoms. The van der Waals surface area contributed by atoms with E-state index in [-0.39, 0.29) is 73.9 Å². The molecule has 2 unspecified atom stereocenters. The number of aromatic amines is 2. The van der Waals surface area contributed by atoms with Crippen LogP contribution in [0.5, 0.6) is 0 Å². The van der Waals surface area contributed by atoms with Gasteiger partial charge in [0.05, 0.1) is 64.4 Å². The molecule has 2 aliphatic rings. The van der Waals surface area contributed by atoms with E-state index in [2.05, 4.69) is 131 Å². The van der Waals surface area contributed by atoms with Gasteiger partial charge >= 0.3 is 14.2 Å². The normalized spacial score (nSPS) is 15.4. The first-order valence-electron chi connectivity index (χ1n) is 36.0. The SMILES string of the molecule is C=COCC.CC1(C)OB(c2cn[nH]c2)OC1(C)C.CCOC(C)n1cc(-c2ncnc3c2ccn3COCC[Si](C)(C)C)cn1.CCOC(C)n1cc(B2OC(C)(C)C(C)(C)O2)cn1.C[Si](C)(C)CCOCn1ccc2c(-c3cn[nH]c3)ncnc21.C[Si](C)(C)CCOCn1ccc2c(Cl)ncnc21.Cl.Cl.